The Morgan fingerprint density at radius 2 is 1.96 bits per heavy atom. The Hall–Kier alpha value is -1.66. The SMILES string of the molecule is Cl.NC1CCC(NC(=O)C2CC(=O)Nc3cc(F)ccc32)CC1. The molecular formula is C16H21ClFN3O2. The summed E-state index contributed by atoms with van der Waals surface area (Å²) in [5.41, 5.74) is 6.93. The van der Waals surface area contributed by atoms with Gasteiger partial charge >= 0.3 is 0 Å². The van der Waals surface area contributed by atoms with Crippen molar-refractivity contribution in [2.45, 2.75) is 50.1 Å². The van der Waals surface area contributed by atoms with Crippen molar-refractivity contribution in [3.63, 3.8) is 0 Å². The first-order chi connectivity index (χ1) is 10.5. The molecule has 2 aliphatic rings. The van der Waals surface area contributed by atoms with Gasteiger partial charge in [-0.2, -0.15) is 0 Å². The van der Waals surface area contributed by atoms with Crippen LogP contribution >= 0.6 is 12.4 Å². The molecule has 0 spiro atoms. The van der Waals surface area contributed by atoms with Crippen molar-refractivity contribution >= 4 is 29.9 Å². The second kappa shape index (κ2) is 7.27. The van der Waals surface area contributed by atoms with Gasteiger partial charge in [0.05, 0.1) is 5.92 Å². The molecule has 1 heterocycles. The van der Waals surface area contributed by atoms with E-state index < -0.39 is 11.7 Å². The first-order valence-corrected chi connectivity index (χ1v) is 7.68. The smallest absolute Gasteiger partial charge is 0.228 e. The molecule has 1 aromatic carbocycles. The summed E-state index contributed by atoms with van der Waals surface area (Å²) in [5.74, 6) is -1.41. The number of hydrogen-bond acceptors (Lipinski definition) is 3. The highest BCUT2D eigenvalue weighted by Crippen LogP contribution is 2.33. The summed E-state index contributed by atoms with van der Waals surface area (Å²) >= 11 is 0. The van der Waals surface area contributed by atoms with Crippen LogP contribution in [-0.4, -0.2) is 23.9 Å². The minimum absolute atomic E-state index is 0. The van der Waals surface area contributed by atoms with Crippen LogP contribution in [0.2, 0.25) is 0 Å². The molecule has 0 saturated heterocycles. The molecule has 0 radical (unpaired) electrons. The summed E-state index contributed by atoms with van der Waals surface area (Å²) in [6, 6.07) is 4.48. The molecule has 1 fully saturated rings. The van der Waals surface area contributed by atoms with E-state index in [-0.39, 0.29) is 42.7 Å². The van der Waals surface area contributed by atoms with Gasteiger partial charge in [-0.15, -0.1) is 12.4 Å². The first-order valence-electron chi connectivity index (χ1n) is 7.68. The number of carbonyl (C=O) groups is 2. The summed E-state index contributed by atoms with van der Waals surface area (Å²) < 4.78 is 13.3. The van der Waals surface area contributed by atoms with Crippen molar-refractivity contribution in [3.05, 3.63) is 29.6 Å². The molecule has 5 nitrogen and oxygen atoms in total. The summed E-state index contributed by atoms with van der Waals surface area (Å²) in [4.78, 5) is 24.3. The van der Waals surface area contributed by atoms with E-state index in [9.17, 15) is 14.0 Å². The Labute approximate surface area is 140 Å². The molecular weight excluding hydrogens is 321 g/mol. The fourth-order valence-electron chi connectivity index (χ4n) is 3.24. The van der Waals surface area contributed by atoms with Crippen molar-refractivity contribution in [3.8, 4) is 0 Å². The molecule has 3 rings (SSSR count). The van der Waals surface area contributed by atoms with Crippen LogP contribution in [0.3, 0.4) is 0 Å². The molecule has 23 heavy (non-hydrogen) atoms. The summed E-state index contributed by atoms with van der Waals surface area (Å²) in [6.07, 6.45) is 3.62. The third-order valence-electron chi connectivity index (χ3n) is 4.49. The molecule has 1 aliphatic carbocycles. The van der Waals surface area contributed by atoms with Crippen molar-refractivity contribution < 1.29 is 14.0 Å². The van der Waals surface area contributed by atoms with Crippen LogP contribution in [0, 0.1) is 5.82 Å². The van der Waals surface area contributed by atoms with Gasteiger partial charge in [0.15, 0.2) is 0 Å². The predicted molar refractivity (Wildman–Crippen MR) is 88.0 cm³/mol. The maximum absolute atomic E-state index is 13.3. The van der Waals surface area contributed by atoms with Crippen molar-refractivity contribution in [2.75, 3.05) is 5.32 Å². The lowest BCUT2D eigenvalue weighted by Gasteiger charge is -2.30. The molecule has 1 aliphatic heterocycles. The number of hydrogen-bond donors (Lipinski definition) is 3. The second-order valence-electron chi connectivity index (χ2n) is 6.16. The molecule has 1 atom stereocenters. The topological polar surface area (TPSA) is 84.2 Å². The van der Waals surface area contributed by atoms with E-state index in [4.69, 9.17) is 5.73 Å². The van der Waals surface area contributed by atoms with Gasteiger partial charge in [-0.1, -0.05) is 6.07 Å². The number of anilines is 1. The minimum atomic E-state index is -0.556. The Kier molecular flexibility index (Phi) is 5.59. The van der Waals surface area contributed by atoms with Gasteiger partial charge in [0.25, 0.3) is 0 Å². The minimum Gasteiger partial charge on any atom is -0.353 e. The average Bonchev–Trinajstić information content (AvgIpc) is 2.48. The number of carbonyl (C=O) groups excluding carboxylic acids is 2. The maximum atomic E-state index is 13.3. The van der Waals surface area contributed by atoms with E-state index in [1.807, 2.05) is 0 Å². The van der Waals surface area contributed by atoms with Gasteiger partial charge in [0, 0.05) is 24.2 Å². The Morgan fingerprint density at radius 1 is 1.26 bits per heavy atom. The number of amides is 2. The van der Waals surface area contributed by atoms with E-state index >= 15 is 0 Å². The van der Waals surface area contributed by atoms with E-state index in [2.05, 4.69) is 10.6 Å². The zero-order valence-corrected chi connectivity index (χ0v) is 13.5. The van der Waals surface area contributed by atoms with Crippen LogP contribution in [0.1, 0.15) is 43.6 Å². The van der Waals surface area contributed by atoms with Crippen molar-refractivity contribution in [1.82, 2.24) is 5.32 Å². The van der Waals surface area contributed by atoms with E-state index in [0.29, 0.717) is 11.3 Å². The molecule has 4 N–H and O–H groups in total. The Balaban J connectivity index is 0.00000192. The zero-order chi connectivity index (χ0) is 15.7. The number of nitrogens with one attached hydrogen (secondary N) is 2. The monoisotopic (exact) mass is 341 g/mol. The highest BCUT2D eigenvalue weighted by Gasteiger charge is 2.32. The van der Waals surface area contributed by atoms with Crippen LogP contribution in [-0.2, 0) is 9.59 Å². The maximum Gasteiger partial charge on any atom is 0.228 e. The van der Waals surface area contributed by atoms with Crippen LogP contribution < -0.4 is 16.4 Å². The fourth-order valence-corrected chi connectivity index (χ4v) is 3.24. The zero-order valence-electron chi connectivity index (χ0n) is 12.7. The largest absolute Gasteiger partial charge is 0.353 e. The molecule has 126 valence electrons. The number of benzene rings is 1. The summed E-state index contributed by atoms with van der Waals surface area (Å²) in [5, 5.41) is 5.64. The highest BCUT2D eigenvalue weighted by atomic mass is 35.5. The van der Waals surface area contributed by atoms with Crippen LogP contribution in [0.25, 0.3) is 0 Å². The summed E-state index contributed by atoms with van der Waals surface area (Å²) in [6.45, 7) is 0. The van der Waals surface area contributed by atoms with E-state index in [0.717, 1.165) is 25.7 Å². The quantitative estimate of drug-likeness (QED) is 0.769. The Bertz CT molecular complexity index is 603. The van der Waals surface area contributed by atoms with Crippen molar-refractivity contribution in [2.24, 2.45) is 5.73 Å². The molecule has 0 aromatic heterocycles. The fraction of sp³-hybridized carbons (Fsp3) is 0.500. The molecule has 2 amide bonds. The normalized spacial score (nSPS) is 26.5. The second-order valence-corrected chi connectivity index (χ2v) is 6.16. The lowest BCUT2D eigenvalue weighted by atomic mass is 9.87. The number of halogens is 2. The van der Waals surface area contributed by atoms with Gasteiger partial charge in [0.1, 0.15) is 5.82 Å². The molecule has 7 heteroatoms. The third-order valence-corrected chi connectivity index (χ3v) is 4.49. The van der Waals surface area contributed by atoms with E-state index in [1.165, 1.54) is 12.1 Å². The van der Waals surface area contributed by atoms with Crippen molar-refractivity contribution in [1.29, 1.82) is 0 Å². The van der Waals surface area contributed by atoms with Crippen LogP contribution in [0.5, 0.6) is 0 Å². The third kappa shape index (κ3) is 4.00. The van der Waals surface area contributed by atoms with Gasteiger partial charge < -0.3 is 16.4 Å². The highest BCUT2D eigenvalue weighted by molar-refractivity contribution is 6.01. The standard InChI is InChI=1S/C16H20FN3O2.ClH/c17-9-1-6-12-13(8-15(21)20-14(12)7-9)16(22)19-11-4-2-10(18)3-5-11;/h1,6-7,10-11,13H,2-5,8,18H2,(H,19,22)(H,20,21);1H. The predicted octanol–water partition coefficient (Wildman–Crippen LogP) is 2.06. The molecule has 1 aromatic rings. The Morgan fingerprint density at radius 3 is 2.65 bits per heavy atom. The average molecular weight is 342 g/mol. The van der Waals surface area contributed by atoms with E-state index in [1.54, 1.807) is 6.07 Å². The molecule has 1 saturated carbocycles. The van der Waals surface area contributed by atoms with Gasteiger partial charge in [-0.3, -0.25) is 9.59 Å². The first kappa shape index (κ1) is 17.7. The number of rotatable bonds is 2. The number of fused-ring (bicyclic) bond motifs is 1. The van der Waals surface area contributed by atoms with Crippen LogP contribution in [0.15, 0.2) is 18.2 Å². The summed E-state index contributed by atoms with van der Waals surface area (Å²) in [7, 11) is 0. The van der Waals surface area contributed by atoms with Crippen LogP contribution in [0.4, 0.5) is 10.1 Å². The lowest BCUT2D eigenvalue weighted by molar-refractivity contribution is -0.127. The lowest BCUT2D eigenvalue weighted by Crippen LogP contribution is -2.43. The molecule has 0 bridgehead atoms. The van der Waals surface area contributed by atoms with Gasteiger partial charge in [-0.05, 0) is 43.4 Å². The van der Waals surface area contributed by atoms with Gasteiger partial charge in [-0.25, -0.2) is 4.39 Å². The van der Waals surface area contributed by atoms with Gasteiger partial charge in [0.2, 0.25) is 11.8 Å². The molecule has 1 unspecified atom stereocenters. The number of nitrogens with two attached hydrogens (primary N) is 1.